The van der Waals surface area contributed by atoms with Crippen LogP contribution in [0.4, 0.5) is 5.69 Å². The minimum Gasteiger partial charge on any atom is -0.497 e. The number of rotatable bonds is 4. The maximum absolute atomic E-state index is 11.2. The molecule has 2 amide bonds. The number of hydrogen-bond donors (Lipinski definition) is 0. The Morgan fingerprint density at radius 3 is 2.32 bits per heavy atom. The van der Waals surface area contributed by atoms with Gasteiger partial charge in [-0.2, -0.15) is 4.99 Å². The molecule has 6 nitrogen and oxygen atoms in total. The Labute approximate surface area is 114 Å². The van der Waals surface area contributed by atoms with E-state index in [1.165, 1.54) is 30.9 Å². The molecule has 0 saturated heterocycles. The summed E-state index contributed by atoms with van der Waals surface area (Å²) in [4.78, 5) is 27.5. The van der Waals surface area contributed by atoms with E-state index >= 15 is 0 Å². The van der Waals surface area contributed by atoms with Gasteiger partial charge in [-0.05, 0) is 0 Å². The molecule has 19 heavy (non-hydrogen) atoms. The number of amidine groups is 1. The van der Waals surface area contributed by atoms with Gasteiger partial charge in [0.25, 0.3) is 5.91 Å². The highest BCUT2D eigenvalue weighted by Crippen LogP contribution is 2.30. The predicted octanol–water partition coefficient (Wildman–Crippen LogP) is 1.30. The van der Waals surface area contributed by atoms with Crippen molar-refractivity contribution in [2.24, 2.45) is 4.99 Å². The van der Waals surface area contributed by atoms with Crippen LogP contribution >= 0.6 is 11.8 Å². The quantitative estimate of drug-likeness (QED) is 0.777. The number of aliphatic imine (C=N–C) groups is 1. The molecule has 0 bridgehead atoms. The molecule has 1 heterocycles. The number of carbonyl (C=O) groups is 2. The molecule has 0 unspecified atom stereocenters. The maximum Gasteiger partial charge on any atom is 0.258 e. The average Bonchev–Trinajstić information content (AvgIpc) is 2.85. The molecule has 7 heteroatoms. The highest BCUT2D eigenvalue weighted by atomic mass is 32.2. The van der Waals surface area contributed by atoms with E-state index in [1.54, 1.807) is 18.2 Å². The molecule has 0 aromatic heterocycles. The molecular weight excluding hydrogens is 268 g/mol. The van der Waals surface area contributed by atoms with Crippen LogP contribution in [0.15, 0.2) is 23.2 Å². The fourth-order valence-corrected chi connectivity index (χ4v) is 2.34. The van der Waals surface area contributed by atoms with Crippen molar-refractivity contribution in [3.63, 3.8) is 0 Å². The van der Waals surface area contributed by atoms with Crippen molar-refractivity contribution in [1.29, 1.82) is 0 Å². The fraction of sp³-hybridized carbons (Fsp3) is 0.250. The third kappa shape index (κ3) is 2.87. The van der Waals surface area contributed by atoms with Crippen LogP contribution in [-0.2, 0) is 9.59 Å². The lowest BCUT2D eigenvalue weighted by atomic mass is 10.2. The molecule has 1 aromatic rings. The molecule has 0 atom stereocenters. The van der Waals surface area contributed by atoms with Gasteiger partial charge in [-0.25, -0.2) is 0 Å². The average molecular weight is 280 g/mol. The van der Waals surface area contributed by atoms with Crippen molar-refractivity contribution in [3.8, 4) is 11.5 Å². The molecule has 100 valence electrons. The Hall–Kier alpha value is -2.02. The van der Waals surface area contributed by atoms with Gasteiger partial charge in [-0.15, -0.1) is 0 Å². The summed E-state index contributed by atoms with van der Waals surface area (Å²) in [6.07, 6.45) is 0.610. The molecule has 2 rings (SSSR count). The van der Waals surface area contributed by atoms with Crippen LogP contribution in [0.5, 0.6) is 11.5 Å². The first kappa shape index (κ1) is 13.4. The molecule has 0 N–H and O–H groups in total. The van der Waals surface area contributed by atoms with Crippen LogP contribution in [-0.4, -0.2) is 37.5 Å². The Morgan fingerprint density at radius 2 is 1.89 bits per heavy atom. The Bertz CT molecular complexity index is 522. The minimum atomic E-state index is -0.248. The first-order valence-electron chi connectivity index (χ1n) is 5.40. The molecule has 0 radical (unpaired) electrons. The maximum atomic E-state index is 11.2. The number of carbonyl (C=O) groups excluding carboxylic acids is 2. The Morgan fingerprint density at radius 1 is 1.26 bits per heavy atom. The van der Waals surface area contributed by atoms with E-state index in [9.17, 15) is 9.59 Å². The van der Waals surface area contributed by atoms with Gasteiger partial charge >= 0.3 is 0 Å². The first-order valence-corrected chi connectivity index (χ1v) is 6.38. The third-order valence-electron chi connectivity index (χ3n) is 2.47. The van der Waals surface area contributed by atoms with E-state index in [1.807, 2.05) is 0 Å². The van der Waals surface area contributed by atoms with Crippen LogP contribution in [0.1, 0.15) is 0 Å². The molecule has 1 aromatic carbocycles. The summed E-state index contributed by atoms with van der Waals surface area (Å²) in [5.41, 5.74) is 0.534. The number of thioether (sulfide) groups is 1. The van der Waals surface area contributed by atoms with E-state index in [2.05, 4.69) is 4.99 Å². The van der Waals surface area contributed by atoms with Crippen molar-refractivity contribution in [2.75, 3.05) is 24.9 Å². The highest BCUT2D eigenvalue weighted by molar-refractivity contribution is 8.15. The molecule has 0 aliphatic carbocycles. The van der Waals surface area contributed by atoms with Crippen LogP contribution < -0.4 is 14.4 Å². The number of amides is 2. The van der Waals surface area contributed by atoms with Crippen molar-refractivity contribution >= 4 is 34.9 Å². The van der Waals surface area contributed by atoms with E-state index < -0.39 is 0 Å². The van der Waals surface area contributed by atoms with Gasteiger partial charge in [0, 0.05) is 18.2 Å². The summed E-state index contributed by atoms with van der Waals surface area (Å²) in [5, 5.41) is 0.357. The lowest BCUT2D eigenvalue weighted by molar-refractivity contribution is -0.115. The van der Waals surface area contributed by atoms with Gasteiger partial charge in [0.05, 0.1) is 25.7 Å². The van der Waals surface area contributed by atoms with Crippen LogP contribution in [0.25, 0.3) is 0 Å². The third-order valence-corrected chi connectivity index (χ3v) is 3.41. The van der Waals surface area contributed by atoms with Crippen molar-refractivity contribution in [3.05, 3.63) is 18.2 Å². The monoisotopic (exact) mass is 280 g/mol. The van der Waals surface area contributed by atoms with Crippen LogP contribution in [0.3, 0.4) is 0 Å². The van der Waals surface area contributed by atoms with Crippen molar-refractivity contribution in [1.82, 2.24) is 0 Å². The summed E-state index contributed by atoms with van der Waals surface area (Å²) in [6, 6.07) is 5.03. The van der Waals surface area contributed by atoms with Crippen LogP contribution in [0, 0.1) is 0 Å². The number of anilines is 1. The van der Waals surface area contributed by atoms with Crippen molar-refractivity contribution < 1.29 is 19.1 Å². The van der Waals surface area contributed by atoms with Gasteiger partial charge in [-0.3, -0.25) is 14.5 Å². The summed E-state index contributed by atoms with van der Waals surface area (Å²) in [6.45, 7) is 0. The summed E-state index contributed by atoms with van der Waals surface area (Å²) >= 11 is 1.22. The zero-order valence-corrected chi connectivity index (χ0v) is 11.3. The smallest absolute Gasteiger partial charge is 0.258 e. The number of ether oxygens (including phenoxy) is 2. The first-order chi connectivity index (χ1) is 9.17. The summed E-state index contributed by atoms with van der Waals surface area (Å²) in [7, 11) is 3.05. The van der Waals surface area contributed by atoms with E-state index in [4.69, 9.17) is 9.47 Å². The summed E-state index contributed by atoms with van der Waals surface area (Å²) < 4.78 is 10.3. The number of nitrogens with zero attached hydrogens (tertiary/aromatic N) is 2. The van der Waals surface area contributed by atoms with E-state index in [0.717, 1.165) is 0 Å². The number of hydrogen-bond acceptors (Lipinski definition) is 5. The fourth-order valence-electron chi connectivity index (χ4n) is 1.57. The number of benzene rings is 1. The Kier molecular flexibility index (Phi) is 4.06. The van der Waals surface area contributed by atoms with Crippen LogP contribution in [0.2, 0.25) is 0 Å². The molecule has 0 spiro atoms. The summed E-state index contributed by atoms with van der Waals surface area (Å²) in [5.74, 6) is 1.11. The normalized spacial score (nSPS) is 14.0. The second kappa shape index (κ2) is 5.75. The largest absolute Gasteiger partial charge is 0.497 e. The molecule has 1 aliphatic rings. The topological polar surface area (TPSA) is 68.2 Å². The second-order valence-corrected chi connectivity index (χ2v) is 4.57. The zero-order chi connectivity index (χ0) is 13.8. The molecule has 1 aliphatic heterocycles. The lowest BCUT2D eigenvalue weighted by Gasteiger charge is -2.17. The van der Waals surface area contributed by atoms with E-state index in [0.29, 0.717) is 28.8 Å². The van der Waals surface area contributed by atoms with Gasteiger partial charge in [0.15, 0.2) is 5.17 Å². The van der Waals surface area contributed by atoms with Gasteiger partial charge in [0.1, 0.15) is 11.5 Å². The van der Waals surface area contributed by atoms with E-state index in [-0.39, 0.29) is 11.7 Å². The lowest BCUT2D eigenvalue weighted by Crippen LogP contribution is -2.25. The molecular formula is C12H12N2O4S. The molecule has 0 saturated carbocycles. The second-order valence-electron chi connectivity index (χ2n) is 3.62. The zero-order valence-electron chi connectivity index (χ0n) is 10.5. The standard InChI is InChI=1S/C12H12N2O4S/c1-17-9-3-8(4-10(5-9)18-2)14(7-15)12-13-11(16)6-19-12/h3-5,7H,6H2,1-2H3. The minimum absolute atomic E-state index is 0.248. The predicted molar refractivity (Wildman–Crippen MR) is 73.0 cm³/mol. The van der Waals surface area contributed by atoms with Gasteiger partial charge < -0.3 is 9.47 Å². The van der Waals surface area contributed by atoms with Gasteiger partial charge in [-0.1, -0.05) is 11.8 Å². The molecule has 0 fully saturated rings. The van der Waals surface area contributed by atoms with Crippen molar-refractivity contribution in [2.45, 2.75) is 0 Å². The highest BCUT2D eigenvalue weighted by Gasteiger charge is 2.22. The SMILES string of the molecule is COc1cc(OC)cc(N(C=O)C2=NC(=O)CS2)c1. The van der Waals surface area contributed by atoms with Gasteiger partial charge in [0.2, 0.25) is 6.41 Å². The number of methoxy groups -OCH3 is 2. The Balaban J connectivity index is 2.40.